The molecule has 0 radical (unpaired) electrons. The summed E-state index contributed by atoms with van der Waals surface area (Å²) in [5, 5.41) is 6.74. The van der Waals surface area contributed by atoms with Crippen molar-refractivity contribution in [2.45, 2.75) is 13.5 Å². The lowest BCUT2D eigenvalue weighted by molar-refractivity contribution is 0.0949. The van der Waals surface area contributed by atoms with Crippen molar-refractivity contribution in [1.82, 2.24) is 15.5 Å². The summed E-state index contributed by atoms with van der Waals surface area (Å²) in [7, 11) is 0. The first kappa shape index (κ1) is 12.4. The van der Waals surface area contributed by atoms with Crippen molar-refractivity contribution in [3.8, 4) is 0 Å². The summed E-state index contributed by atoms with van der Waals surface area (Å²) in [5.74, 6) is 0.596. The fourth-order valence-corrected chi connectivity index (χ4v) is 1.48. The summed E-state index contributed by atoms with van der Waals surface area (Å²) < 4.78 is 4.79. The molecular weight excluding hydrogens is 256 g/mol. The highest BCUT2D eigenvalue weighted by Gasteiger charge is 2.09. The monoisotopic (exact) mass is 266 g/mol. The van der Waals surface area contributed by atoms with E-state index in [9.17, 15) is 4.79 Å². The quantitative estimate of drug-likeness (QED) is 0.822. The van der Waals surface area contributed by atoms with Crippen molar-refractivity contribution in [3.05, 3.63) is 40.5 Å². The van der Waals surface area contributed by atoms with Crippen molar-refractivity contribution in [3.63, 3.8) is 0 Å². The van der Waals surface area contributed by atoms with E-state index in [0.29, 0.717) is 28.0 Å². The van der Waals surface area contributed by atoms with Gasteiger partial charge in [0.2, 0.25) is 5.89 Å². The number of hydrogen-bond donors (Lipinski definition) is 2. The minimum Gasteiger partial charge on any atom is -0.398 e. The Bertz CT molecular complexity index is 582. The van der Waals surface area contributed by atoms with Crippen molar-refractivity contribution in [2.24, 2.45) is 0 Å². The van der Waals surface area contributed by atoms with Crippen LogP contribution in [0.3, 0.4) is 0 Å². The van der Waals surface area contributed by atoms with Gasteiger partial charge in [0.25, 0.3) is 5.91 Å². The van der Waals surface area contributed by atoms with Crippen molar-refractivity contribution < 1.29 is 9.32 Å². The number of hydrogen-bond acceptors (Lipinski definition) is 5. The van der Waals surface area contributed by atoms with Gasteiger partial charge in [-0.05, 0) is 18.2 Å². The van der Waals surface area contributed by atoms with Crippen LogP contribution in [0.5, 0.6) is 0 Å². The average molecular weight is 267 g/mol. The fourth-order valence-electron chi connectivity index (χ4n) is 1.36. The molecule has 3 N–H and O–H groups in total. The molecule has 0 atom stereocenters. The summed E-state index contributed by atoms with van der Waals surface area (Å²) in [6.45, 7) is 1.87. The van der Waals surface area contributed by atoms with Gasteiger partial charge in [0.1, 0.15) is 0 Å². The molecule has 1 heterocycles. The Morgan fingerprint density at radius 2 is 2.33 bits per heavy atom. The predicted molar refractivity (Wildman–Crippen MR) is 66.1 cm³/mol. The molecule has 0 bridgehead atoms. The van der Waals surface area contributed by atoms with E-state index in [4.69, 9.17) is 21.9 Å². The van der Waals surface area contributed by atoms with E-state index in [1.165, 1.54) is 6.07 Å². The molecule has 1 aromatic carbocycles. The Morgan fingerprint density at radius 3 is 2.94 bits per heavy atom. The van der Waals surface area contributed by atoms with E-state index in [1.807, 2.05) is 0 Å². The molecule has 0 aliphatic heterocycles. The maximum absolute atomic E-state index is 11.8. The SMILES string of the molecule is Cc1nc(CNC(=O)c2ccc(Cl)c(N)c2)no1. The zero-order valence-electron chi connectivity index (χ0n) is 9.61. The second-order valence-corrected chi connectivity index (χ2v) is 4.06. The Morgan fingerprint density at radius 1 is 1.56 bits per heavy atom. The molecule has 2 aromatic rings. The molecule has 0 aliphatic carbocycles. The van der Waals surface area contributed by atoms with E-state index in [1.54, 1.807) is 19.1 Å². The van der Waals surface area contributed by atoms with Crippen LogP contribution in [0.2, 0.25) is 5.02 Å². The minimum atomic E-state index is -0.277. The van der Waals surface area contributed by atoms with Crippen molar-refractivity contribution in [1.29, 1.82) is 0 Å². The van der Waals surface area contributed by atoms with E-state index in [2.05, 4.69) is 15.5 Å². The van der Waals surface area contributed by atoms with Gasteiger partial charge in [0, 0.05) is 12.5 Å². The van der Waals surface area contributed by atoms with Crippen LogP contribution in [0.1, 0.15) is 22.1 Å². The van der Waals surface area contributed by atoms with Crippen molar-refractivity contribution >= 4 is 23.2 Å². The summed E-state index contributed by atoms with van der Waals surface area (Å²) in [4.78, 5) is 15.8. The van der Waals surface area contributed by atoms with E-state index in [0.717, 1.165) is 0 Å². The fraction of sp³-hybridized carbons (Fsp3) is 0.182. The lowest BCUT2D eigenvalue weighted by Crippen LogP contribution is -2.23. The van der Waals surface area contributed by atoms with Gasteiger partial charge >= 0.3 is 0 Å². The number of aryl methyl sites for hydroxylation is 1. The molecule has 6 nitrogen and oxygen atoms in total. The number of carbonyl (C=O) groups is 1. The Labute approximate surface area is 108 Å². The van der Waals surface area contributed by atoms with Gasteiger partial charge in [-0.2, -0.15) is 4.98 Å². The van der Waals surface area contributed by atoms with Crippen molar-refractivity contribution in [2.75, 3.05) is 5.73 Å². The van der Waals surface area contributed by atoms with Crippen LogP contribution >= 0.6 is 11.6 Å². The second kappa shape index (κ2) is 5.05. The molecule has 18 heavy (non-hydrogen) atoms. The highest BCUT2D eigenvalue weighted by atomic mass is 35.5. The standard InChI is InChI=1S/C11H11ClN4O2/c1-6-15-10(16-18-6)5-14-11(17)7-2-3-8(12)9(13)4-7/h2-4H,5,13H2,1H3,(H,14,17). The third-order valence-corrected chi connectivity index (χ3v) is 2.58. The maximum atomic E-state index is 11.8. The molecule has 7 heteroatoms. The third-order valence-electron chi connectivity index (χ3n) is 2.23. The molecule has 1 amide bonds. The molecular formula is C11H11ClN4O2. The molecule has 1 aromatic heterocycles. The largest absolute Gasteiger partial charge is 0.398 e. The van der Waals surface area contributed by atoms with Crippen LogP contribution in [0.4, 0.5) is 5.69 Å². The number of rotatable bonds is 3. The number of benzene rings is 1. The van der Waals surface area contributed by atoms with Crippen LogP contribution < -0.4 is 11.1 Å². The third kappa shape index (κ3) is 2.78. The molecule has 0 fully saturated rings. The van der Waals surface area contributed by atoms with Gasteiger partial charge < -0.3 is 15.6 Å². The topological polar surface area (TPSA) is 94.0 Å². The lowest BCUT2D eigenvalue weighted by Gasteiger charge is -2.04. The maximum Gasteiger partial charge on any atom is 0.251 e. The number of anilines is 1. The first-order valence-corrected chi connectivity index (χ1v) is 5.56. The minimum absolute atomic E-state index is 0.193. The predicted octanol–water partition coefficient (Wildman–Crippen LogP) is 1.54. The lowest BCUT2D eigenvalue weighted by atomic mass is 10.2. The molecule has 94 valence electrons. The summed E-state index contributed by atoms with van der Waals surface area (Å²) in [6.07, 6.45) is 0. The first-order valence-electron chi connectivity index (χ1n) is 5.18. The first-order chi connectivity index (χ1) is 8.56. The van der Waals surface area contributed by atoms with Crippen LogP contribution in [0.25, 0.3) is 0 Å². The van der Waals surface area contributed by atoms with E-state index >= 15 is 0 Å². The van der Waals surface area contributed by atoms with Crippen LogP contribution in [-0.4, -0.2) is 16.0 Å². The van der Waals surface area contributed by atoms with Gasteiger partial charge in [0.15, 0.2) is 5.82 Å². The second-order valence-electron chi connectivity index (χ2n) is 3.65. The summed E-state index contributed by atoms with van der Waals surface area (Å²) >= 11 is 5.77. The number of amides is 1. The number of carbonyl (C=O) groups excluding carboxylic acids is 1. The number of nitrogens with zero attached hydrogens (tertiary/aromatic N) is 2. The summed E-state index contributed by atoms with van der Waals surface area (Å²) in [5.41, 5.74) is 6.41. The number of aromatic nitrogens is 2. The Balaban J connectivity index is 2.01. The van der Waals surface area contributed by atoms with Gasteiger partial charge in [-0.1, -0.05) is 16.8 Å². The number of nitrogen functional groups attached to an aromatic ring is 1. The van der Waals surface area contributed by atoms with Gasteiger partial charge in [-0.25, -0.2) is 0 Å². The van der Waals surface area contributed by atoms with E-state index in [-0.39, 0.29) is 12.5 Å². The highest BCUT2D eigenvalue weighted by molar-refractivity contribution is 6.33. The smallest absolute Gasteiger partial charge is 0.251 e. The number of halogens is 1. The average Bonchev–Trinajstić information content (AvgIpc) is 2.75. The zero-order chi connectivity index (χ0) is 13.1. The molecule has 0 saturated heterocycles. The van der Waals surface area contributed by atoms with Gasteiger partial charge in [0.05, 0.1) is 17.3 Å². The van der Waals surface area contributed by atoms with E-state index < -0.39 is 0 Å². The van der Waals surface area contributed by atoms with Crippen LogP contribution in [0, 0.1) is 6.92 Å². The normalized spacial score (nSPS) is 10.3. The van der Waals surface area contributed by atoms with Gasteiger partial charge in [-0.3, -0.25) is 4.79 Å². The number of nitrogens with two attached hydrogens (primary N) is 1. The Hall–Kier alpha value is -2.08. The highest BCUT2D eigenvalue weighted by Crippen LogP contribution is 2.19. The zero-order valence-corrected chi connectivity index (χ0v) is 10.4. The van der Waals surface area contributed by atoms with Crippen LogP contribution in [-0.2, 0) is 6.54 Å². The molecule has 0 saturated carbocycles. The van der Waals surface area contributed by atoms with Gasteiger partial charge in [-0.15, -0.1) is 0 Å². The molecule has 0 unspecified atom stereocenters. The summed E-state index contributed by atoms with van der Waals surface area (Å²) in [6, 6.07) is 4.68. The molecule has 0 aliphatic rings. The molecule has 2 rings (SSSR count). The van der Waals surface area contributed by atoms with Crippen LogP contribution in [0.15, 0.2) is 22.7 Å². The number of nitrogens with one attached hydrogen (secondary N) is 1. The molecule has 0 spiro atoms. The Kier molecular flexibility index (Phi) is 3.47.